The molecular formula is C18H26O8. The fourth-order valence-corrected chi connectivity index (χ4v) is 2.51. The quantitative estimate of drug-likeness (QED) is 0.305. The van der Waals surface area contributed by atoms with Gasteiger partial charge in [0.05, 0.1) is 0 Å². The number of hydrogen-bond donors (Lipinski definition) is 2. The van der Waals surface area contributed by atoms with Crippen molar-refractivity contribution < 1.29 is 38.9 Å². The van der Waals surface area contributed by atoms with Gasteiger partial charge in [0.2, 0.25) is 0 Å². The Morgan fingerprint density at radius 2 is 1.04 bits per heavy atom. The van der Waals surface area contributed by atoms with Crippen molar-refractivity contribution in [2.45, 2.75) is 76.4 Å². The Hall–Kier alpha value is -2.38. The van der Waals surface area contributed by atoms with Crippen molar-refractivity contribution in [3.05, 3.63) is 12.2 Å². The van der Waals surface area contributed by atoms with Crippen molar-refractivity contribution in [3.63, 3.8) is 0 Å². The number of aliphatic carboxylic acids is 2. The van der Waals surface area contributed by atoms with Crippen LogP contribution in [0, 0.1) is 0 Å². The van der Waals surface area contributed by atoms with E-state index in [0.29, 0.717) is 38.5 Å². The summed E-state index contributed by atoms with van der Waals surface area (Å²) >= 11 is 0. The van der Waals surface area contributed by atoms with Gasteiger partial charge in [-0.3, -0.25) is 19.2 Å². The Bertz CT molecular complexity index is 479. The smallest absolute Gasteiger partial charge is 0.306 e. The first-order valence-corrected chi connectivity index (χ1v) is 8.87. The third-order valence-corrected chi connectivity index (χ3v) is 3.88. The van der Waals surface area contributed by atoms with E-state index in [-0.39, 0.29) is 49.8 Å². The van der Waals surface area contributed by atoms with Crippen LogP contribution >= 0.6 is 0 Å². The average molecular weight is 370 g/mol. The summed E-state index contributed by atoms with van der Waals surface area (Å²) in [6, 6.07) is 0. The minimum Gasteiger partial charge on any atom is -0.481 e. The molecule has 1 rings (SSSR count). The molecule has 26 heavy (non-hydrogen) atoms. The van der Waals surface area contributed by atoms with E-state index in [1.165, 1.54) is 0 Å². The lowest BCUT2D eigenvalue weighted by Gasteiger charge is -2.23. The summed E-state index contributed by atoms with van der Waals surface area (Å²) in [6.07, 6.45) is 6.07. The Morgan fingerprint density at radius 1 is 0.692 bits per heavy atom. The van der Waals surface area contributed by atoms with Crippen molar-refractivity contribution in [1.29, 1.82) is 0 Å². The lowest BCUT2D eigenvalue weighted by atomic mass is 10.0. The summed E-state index contributed by atoms with van der Waals surface area (Å²) in [5, 5.41) is 17.0. The molecule has 0 bridgehead atoms. The Kier molecular flexibility index (Phi) is 10.0. The van der Waals surface area contributed by atoms with Gasteiger partial charge in [-0.2, -0.15) is 0 Å². The van der Waals surface area contributed by atoms with Crippen LogP contribution in [-0.4, -0.2) is 46.3 Å². The molecular weight excluding hydrogens is 344 g/mol. The number of carboxylic acids is 2. The van der Waals surface area contributed by atoms with Crippen molar-refractivity contribution in [2.24, 2.45) is 0 Å². The maximum Gasteiger partial charge on any atom is 0.306 e. The van der Waals surface area contributed by atoms with Gasteiger partial charge in [-0.15, -0.1) is 0 Å². The maximum atomic E-state index is 11.7. The first-order valence-electron chi connectivity index (χ1n) is 8.87. The topological polar surface area (TPSA) is 127 Å². The van der Waals surface area contributed by atoms with Crippen molar-refractivity contribution in [3.8, 4) is 0 Å². The molecule has 0 aliphatic heterocycles. The second-order valence-electron chi connectivity index (χ2n) is 6.22. The minimum atomic E-state index is -0.879. The zero-order chi connectivity index (χ0) is 19.4. The first-order chi connectivity index (χ1) is 12.4. The van der Waals surface area contributed by atoms with Crippen LogP contribution in [0.4, 0.5) is 0 Å². The molecule has 2 atom stereocenters. The molecule has 0 spiro atoms. The van der Waals surface area contributed by atoms with E-state index in [1.54, 1.807) is 12.2 Å². The number of carbonyl (C=O) groups excluding carboxylic acids is 2. The van der Waals surface area contributed by atoms with Crippen molar-refractivity contribution in [1.82, 2.24) is 0 Å². The van der Waals surface area contributed by atoms with Crippen LogP contribution in [0.5, 0.6) is 0 Å². The average Bonchev–Trinajstić information content (AvgIpc) is 2.57. The summed E-state index contributed by atoms with van der Waals surface area (Å²) in [4.78, 5) is 44.1. The Morgan fingerprint density at radius 3 is 1.35 bits per heavy atom. The summed E-state index contributed by atoms with van der Waals surface area (Å²) < 4.78 is 10.6. The molecule has 146 valence electrons. The van der Waals surface area contributed by atoms with Crippen LogP contribution in [0.25, 0.3) is 0 Å². The minimum absolute atomic E-state index is 0.0416. The number of unbranched alkanes of at least 4 members (excludes halogenated alkanes) is 2. The number of hydrogen-bond acceptors (Lipinski definition) is 6. The molecule has 1 aliphatic carbocycles. The SMILES string of the molecule is O=C(O)CCCCC(=O)OC1C=CC(OC(=O)CCCCC(=O)O)CC1. The molecule has 0 radical (unpaired) electrons. The zero-order valence-corrected chi connectivity index (χ0v) is 14.7. The predicted molar refractivity (Wildman–Crippen MR) is 90.3 cm³/mol. The van der Waals surface area contributed by atoms with Crippen LogP contribution in [-0.2, 0) is 28.7 Å². The van der Waals surface area contributed by atoms with Crippen molar-refractivity contribution >= 4 is 23.9 Å². The summed E-state index contributed by atoms with van der Waals surface area (Å²) in [7, 11) is 0. The molecule has 0 amide bonds. The second-order valence-corrected chi connectivity index (χ2v) is 6.22. The van der Waals surface area contributed by atoms with E-state index in [1.807, 2.05) is 0 Å². The molecule has 2 unspecified atom stereocenters. The maximum absolute atomic E-state index is 11.7. The number of carboxylic acid groups (broad SMARTS) is 2. The standard InChI is InChI=1S/C18H26O8/c19-15(20)5-1-3-7-17(23)25-13-9-11-14(12-10-13)26-18(24)8-4-2-6-16(21)22/h9,11,13-14H,1-8,10,12H2,(H,19,20)(H,21,22). The lowest BCUT2D eigenvalue weighted by Crippen LogP contribution is -2.25. The summed E-state index contributed by atoms with van der Waals surface area (Å²) in [5.74, 6) is -2.48. The Balaban J connectivity index is 2.18. The van der Waals surface area contributed by atoms with Gasteiger partial charge in [-0.1, -0.05) is 0 Å². The highest BCUT2D eigenvalue weighted by atomic mass is 16.6. The van der Waals surface area contributed by atoms with Gasteiger partial charge in [0.15, 0.2) is 0 Å². The highest BCUT2D eigenvalue weighted by Crippen LogP contribution is 2.19. The highest BCUT2D eigenvalue weighted by Gasteiger charge is 2.21. The van der Waals surface area contributed by atoms with Crippen LogP contribution in [0.3, 0.4) is 0 Å². The molecule has 8 nitrogen and oxygen atoms in total. The molecule has 0 saturated carbocycles. The van der Waals surface area contributed by atoms with E-state index in [4.69, 9.17) is 19.7 Å². The fraction of sp³-hybridized carbons (Fsp3) is 0.667. The molecule has 0 heterocycles. The van der Waals surface area contributed by atoms with E-state index >= 15 is 0 Å². The molecule has 1 aliphatic rings. The fourth-order valence-electron chi connectivity index (χ4n) is 2.51. The Labute approximate surface area is 152 Å². The normalized spacial score (nSPS) is 18.9. The van der Waals surface area contributed by atoms with Crippen LogP contribution < -0.4 is 0 Å². The van der Waals surface area contributed by atoms with Gasteiger partial charge >= 0.3 is 23.9 Å². The lowest BCUT2D eigenvalue weighted by molar-refractivity contribution is -0.151. The molecule has 2 N–H and O–H groups in total. The largest absolute Gasteiger partial charge is 0.481 e. The molecule has 0 aromatic heterocycles. The number of esters is 2. The van der Waals surface area contributed by atoms with Gasteiger partial charge in [-0.25, -0.2) is 0 Å². The third-order valence-electron chi connectivity index (χ3n) is 3.88. The van der Waals surface area contributed by atoms with Gasteiger partial charge in [0, 0.05) is 25.7 Å². The second kappa shape index (κ2) is 12.1. The number of carbonyl (C=O) groups is 4. The summed E-state index contributed by atoms with van der Waals surface area (Å²) in [6.45, 7) is 0. The molecule has 0 aromatic rings. The van der Waals surface area contributed by atoms with E-state index < -0.39 is 11.9 Å². The van der Waals surface area contributed by atoms with E-state index in [0.717, 1.165) is 0 Å². The van der Waals surface area contributed by atoms with Gasteiger partial charge in [0.25, 0.3) is 0 Å². The van der Waals surface area contributed by atoms with Gasteiger partial charge in [0.1, 0.15) is 12.2 Å². The third kappa shape index (κ3) is 10.5. The zero-order valence-electron chi connectivity index (χ0n) is 14.7. The van der Waals surface area contributed by atoms with Crippen LogP contribution in [0.2, 0.25) is 0 Å². The molecule has 0 aromatic carbocycles. The highest BCUT2D eigenvalue weighted by molar-refractivity contribution is 5.71. The van der Waals surface area contributed by atoms with E-state index in [2.05, 4.69) is 0 Å². The molecule has 8 heteroatoms. The molecule has 0 fully saturated rings. The number of rotatable bonds is 12. The molecule has 0 saturated heterocycles. The number of ether oxygens (including phenoxy) is 2. The van der Waals surface area contributed by atoms with E-state index in [9.17, 15) is 19.2 Å². The van der Waals surface area contributed by atoms with Gasteiger partial charge < -0.3 is 19.7 Å². The van der Waals surface area contributed by atoms with Crippen LogP contribution in [0.15, 0.2) is 12.2 Å². The predicted octanol–water partition coefficient (Wildman–Crippen LogP) is 2.45. The van der Waals surface area contributed by atoms with Gasteiger partial charge in [-0.05, 0) is 50.7 Å². The van der Waals surface area contributed by atoms with Crippen LogP contribution in [0.1, 0.15) is 64.2 Å². The summed E-state index contributed by atoms with van der Waals surface area (Å²) in [5.41, 5.74) is 0. The first kappa shape index (κ1) is 21.7. The van der Waals surface area contributed by atoms with Crippen molar-refractivity contribution in [2.75, 3.05) is 0 Å². The monoisotopic (exact) mass is 370 g/mol.